The zero-order valence-corrected chi connectivity index (χ0v) is 19.5. The summed E-state index contributed by atoms with van der Waals surface area (Å²) in [6.45, 7) is 12.4. The zero-order chi connectivity index (χ0) is 24.4. The summed E-state index contributed by atoms with van der Waals surface area (Å²) >= 11 is 0. The van der Waals surface area contributed by atoms with Crippen LogP contribution in [0, 0.1) is 0 Å². The topological polar surface area (TPSA) is 135 Å². The Morgan fingerprint density at radius 2 is 1.19 bits per heavy atom. The van der Waals surface area contributed by atoms with Crippen molar-refractivity contribution in [3.05, 3.63) is 24.3 Å². The summed E-state index contributed by atoms with van der Waals surface area (Å²) in [7, 11) is 0. The molecule has 32 heavy (non-hydrogen) atoms. The molecule has 0 aliphatic carbocycles. The van der Waals surface area contributed by atoms with E-state index in [1.54, 1.807) is 0 Å². The van der Waals surface area contributed by atoms with Crippen molar-refractivity contribution >= 4 is 24.0 Å². The molecule has 0 fully saturated rings. The van der Waals surface area contributed by atoms with Gasteiger partial charge in [0.25, 0.3) is 0 Å². The maximum atomic E-state index is 12.1. The normalized spacial score (nSPS) is 10.1. The quantitative estimate of drug-likeness (QED) is 0.122. The molecule has 0 rings (SSSR count). The molecule has 4 N–H and O–H groups in total. The molecule has 10 nitrogen and oxygen atoms in total. The summed E-state index contributed by atoms with van der Waals surface area (Å²) in [5.74, 6) is -1.05. The third-order valence-electron chi connectivity index (χ3n) is 4.15. The van der Waals surface area contributed by atoms with Gasteiger partial charge in [-0.05, 0) is 26.7 Å². The monoisotopic (exact) mass is 454 g/mol. The third kappa shape index (κ3) is 15.8. The molecule has 4 amide bonds. The van der Waals surface area contributed by atoms with Gasteiger partial charge in [0, 0.05) is 11.1 Å². The molecule has 0 spiro atoms. The molecule has 0 aromatic carbocycles. The van der Waals surface area contributed by atoms with Crippen molar-refractivity contribution < 1.29 is 28.7 Å². The minimum Gasteiger partial charge on any atom is -0.460 e. The molecule has 0 saturated heterocycles. The van der Waals surface area contributed by atoms with Crippen LogP contribution in [-0.4, -0.2) is 56.5 Å². The van der Waals surface area contributed by atoms with E-state index in [-0.39, 0.29) is 37.4 Å². The van der Waals surface area contributed by atoms with Crippen molar-refractivity contribution in [3.63, 3.8) is 0 Å². The van der Waals surface area contributed by atoms with Gasteiger partial charge in [0.1, 0.15) is 19.4 Å². The molecular weight excluding hydrogens is 416 g/mol. The molecule has 0 aromatic rings. The number of esters is 2. The Kier molecular flexibility index (Phi) is 15.9. The Labute approximate surface area is 190 Å². The minimum absolute atomic E-state index is 0.0115. The average molecular weight is 455 g/mol. The molecule has 0 atom stereocenters. The summed E-state index contributed by atoms with van der Waals surface area (Å²) in [5.41, 5.74) is 0.560. The highest BCUT2D eigenvalue weighted by Gasteiger charge is 2.15. The smallest absolute Gasteiger partial charge is 0.333 e. The first-order valence-electron chi connectivity index (χ1n) is 10.9. The lowest BCUT2D eigenvalue weighted by atomic mass is 10.1. The number of amides is 4. The standard InChI is InChI=1S/C22H38N4O6/c1-6-7-8-9-10-11-18(25-21(29)23-12-14-31-19(27)16(2)3)26-22(30)24-13-15-32-20(28)17(4)5/h18H,2,4,6-15H2,1,3,5H3,(H2,23,25,29)(H2,24,26,30). The van der Waals surface area contributed by atoms with Crippen LogP contribution >= 0.6 is 0 Å². The van der Waals surface area contributed by atoms with Crippen molar-refractivity contribution in [2.45, 2.75) is 65.5 Å². The highest BCUT2D eigenvalue weighted by Crippen LogP contribution is 2.06. The van der Waals surface area contributed by atoms with Crippen LogP contribution in [0.15, 0.2) is 24.3 Å². The molecule has 0 saturated carbocycles. The summed E-state index contributed by atoms with van der Waals surface area (Å²) in [5, 5.41) is 10.5. The van der Waals surface area contributed by atoms with Crippen LogP contribution in [0.3, 0.4) is 0 Å². The SMILES string of the molecule is C=C(C)C(=O)OCCNC(=O)NC(CCCCCCC)NC(=O)NCCOC(=O)C(=C)C. The van der Waals surface area contributed by atoms with Crippen LogP contribution in [0.2, 0.25) is 0 Å². The Hall–Kier alpha value is -3.04. The van der Waals surface area contributed by atoms with Crippen LogP contribution in [0.1, 0.15) is 59.3 Å². The van der Waals surface area contributed by atoms with E-state index < -0.39 is 30.2 Å². The fourth-order valence-electron chi connectivity index (χ4n) is 2.41. The molecule has 0 unspecified atom stereocenters. The number of carbonyl (C=O) groups is 4. The van der Waals surface area contributed by atoms with Crippen LogP contribution in [-0.2, 0) is 19.1 Å². The second kappa shape index (κ2) is 17.6. The first-order valence-corrected chi connectivity index (χ1v) is 10.9. The van der Waals surface area contributed by atoms with Crippen molar-refractivity contribution in [3.8, 4) is 0 Å². The van der Waals surface area contributed by atoms with Gasteiger partial charge in [-0.2, -0.15) is 0 Å². The lowest BCUT2D eigenvalue weighted by molar-refractivity contribution is -0.139. The number of ether oxygens (including phenoxy) is 2. The maximum absolute atomic E-state index is 12.1. The molecule has 0 aromatic heterocycles. The summed E-state index contributed by atoms with van der Waals surface area (Å²) in [4.78, 5) is 46.9. The van der Waals surface area contributed by atoms with Gasteiger partial charge in [0.2, 0.25) is 0 Å². The Morgan fingerprint density at radius 1 is 0.750 bits per heavy atom. The van der Waals surface area contributed by atoms with Crippen molar-refractivity contribution in [1.82, 2.24) is 21.3 Å². The predicted molar refractivity (Wildman–Crippen MR) is 122 cm³/mol. The molecule has 0 bridgehead atoms. The summed E-state index contributed by atoms with van der Waals surface area (Å²) in [6, 6.07) is -0.990. The highest BCUT2D eigenvalue weighted by molar-refractivity contribution is 5.87. The minimum atomic E-state index is -0.590. The maximum Gasteiger partial charge on any atom is 0.333 e. The molecule has 0 heterocycles. The number of hydrogen-bond donors (Lipinski definition) is 4. The zero-order valence-electron chi connectivity index (χ0n) is 19.5. The van der Waals surface area contributed by atoms with E-state index in [0.717, 1.165) is 32.1 Å². The average Bonchev–Trinajstić information content (AvgIpc) is 2.73. The largest absolute Gasteiger partial charge is 0.460 e. The lowest BCUT2D eigenvalue weighted by Crippen LogP contribution is -2.54. The van der Waals surface area contributed by atoms with E-state index in [1.165, 1.54) is 13.8 Å². The molecule has 0 aliphatic rings. The van der Waals surface area contributed by atoms with Gasteiger partial charge in [-0.15, -0.1) is 0 Å². The van der Waals surface area contributed by atoms with Gasteiger partial charge >= 0.3 is 24.0 Å². The summed E-state index contributed by atoms with van der Waals surface area (Å²) < 4.78 is 9.82. The molecular formula is C22H38N4O6. The second-order valence-electron chi connectivity index (χ2n) is 7.39. The number of urea groups is 2. The first-order chi connectivity index (χ1) is 15.2. The summed E-state index contributed by atoms with van der Waals surface area (Å²) in [6.07, 6.45) is 5.13. The van der Waals surface area contributed by atoms with E-state index in [1.807, 2.05) is 0 Å². The van der Waals surface area contributed by atoms with E-state index in [0.29, 0.717) is 6.42 Å². The number of nitrogens with one attached hydrogen (secondary N) is 4. The van der Waals surface area contributed by atoms with Crippen molar-refractivity contribution in [1.29, 1.82) is 0 Å². The van der Waals surface area contributed by atoms with Crippen LogP contribution in [0.25, 0.3) is 0 Å². The van der Waals surface area contributed by atoms with Gasteiger partial charge in [-0.3, -0.25) is 0 Å². The number of carbonyl (C=O) groups excluding carboxylic acids is 4. The van der Waals surface area contributed by atoms with E-state index >= 15 is 0 Å². The first kappa shape index (κ1) is 29.0. The fourth-order valence-corrected chi connectivity index (χ4v) is 2.41. The van der Waals surface area contributed by atoms with Crippen LogP contribution in [0.4, 0.5) is 9.59 Å². The number of unbranched alkanes of at least 4 members (excludes halogenated alkanes) is 4. The molecule has 182 valence electrons. The van der Waals surface area contributed by atoms with Crippen molar-refractivity contribution in [2.24, 2.45) is 0 Å². The molecule has 10 heteroatoms. The Morgan fingerprint density at radius 3 is 1.59 bits per heavy atom. The molecule has 0 radical (unpaired) electrons. The van der Waals surface area contributed by atoms with Crippen LogP contribution in [0.5, 0.6) is 0 Å². The third-order valence-corrected chi connectivity index (χ3v) is 4.15. The van der Waals surface area contributed by atoms with Gasteiger partial charge in [-0.25, -0.2) is 19.2 Å². The van der Waals surface area contributed by atoms with Gasteiger partial charge in [-0.1, -0.05) is 45.8 Å². The lowest BCUT2D eigenvalue weighted by Gasteiger charge is -2.21. The Balaban J connectivity index is 4.42. The number of rotatable bonds is 16. The predicted octanol–water partition coefficient (Wildman–Crippen LogP) is 2.51. The number of hydrogen-bond acceptors (Lipinski definition) is 6. The van der Waals surface area contributed by atoms with Gasteiger partial charge in [0.05, 0.1) is 13.1 Å². The van der Waals surface area contributed by atoms with E-state index in [9.17, 15) is 19.2 Å². The second-order valence-corrected chi connectivity index (χ2v) is 7.39. The van der Waals surface area contributed by atoms with Gasteiger partial charge < -0.3 is 30.7 Å². The van der Waals surface area contributed by atoms with E-state index in [4.69, 9.17) is 9.47 Å². The Bertz CT molecular complexity index is 602. The molecule has 0 aliphatic heterocycles. The van der Waals surface area contributed by atoms with Gasteiger partial charge in [0.15, 0.2) is 0 Å². The van der Waals surface area contributed by atoms with Crippen molar-refractivity contribution in [2.75, 3.05) is 26.3 Å². The van der Waals surface area contributed by atoms with Crippen LogP contribution < -0.4 is 21.3 Å². The van der Waals surface area contributed by atoms with E-state index in [2.05, 4.69) is 41.3 Å². The highest BCUT2D eigenvalue weighted by atomic mass is 16.5. The fraction of sp³-hybridized carbons (Fsp3) is 0.636.